The molecule has 0 radical (unpaired) electrons. The highest BCUT2D eigenvalue weighted by Crippen LogP contribution is 2.16. The van der Waals surface area contributed by atoms with E-state index in [-0.39, 0.29) is 0 Å². The molecule has 0 aliphatic carbocycles. The van der Waals surface area contributed by atoms with Gasteiger partial charge in [-0.2, -0.15) is 0 Å². The van der Waals surface area contributed by atoms with Crippen molar-refractivity contribution in [1.29, 1.82) is 0 Å². The lowest BCUT2D eigenvalue weighted by molar-refractivity contribution is 0.726. The van der Waals surface area contributed by atoms with Crippen LogP contribution in [0.2, 0.25) is 0 Å². The van der Waals surface area contributed by atoms with Gasteiger partial charge in [0.05, 0.1) is 6.54 Å². The summed E-state index contributed by atoms with van der Waals surface area (Å²) in [6.07, 6.45) is 7.01. The largest absolute Gasteiger partial charge is 0.357 e. The van der Waals surface area contributed by atoms with Crippen molar-refractivity contribution in [3.63, 3.8) is 0 Å². The van der Waals surface area contributed by atoms with E-state index in [2.05, 4.69) is 14.9 Å². The zero-order chi connectivity index (χ0) is 10.5. The molecule has 0 aromatic carbocycles. The molecule has 1 aromatic rings. The van der Waals surface area contributed by atoms with Crippen molar-refractivity contribution in [2.75, 3.05) is 18.0 Å². The van der Waals surface area contributed by atoms with Crippen LogP contribution in [0.4, 0.5) is 5.82 Å². The second kappa shape index (κ2) is 5.07. The summed E-state index contributed by atoms with van der Waals surface area (Å²) >= 11 is 0. The molecule has 1 fully saturated rings. The topological polar surface area (TPSA) is 55.0 Å². The number of hydrogen-bond donors (Lipinski definition) is 1. The van der Waals surface area contributed by atoms with Crippen molar-refractivity contribution in [3.05, 3.63) is 18.1 Å². The molecule has 0 bridgehead atoms. The minimum atomic E-state index is 0.418. The number of aromatic nitrogens is 2. The van der Waals surface area contributed by atoms with Gasteiger partial charge in [0.2, 0.25) is 0 Å². The number of hydrogen-bond acceptors (Lipinski definition) is 4. The van der Waals surface area contributed by atoms with E-state index >= 15 is 0 Å². The van der Waals surface area contributed by atoms with Crippen molar-refractivity contribution < 1.29 is 0 Å². The minimum Gasteiger partial charge on any atom is -0.357 e. The van der Waals surface area contributed by atoms with Gasteiger partial charge in [0.15, 0.2) is 0 Å². The van der Waals surface area contributed by atoms with Gasteiger partial charge in [-0.3, -0.25) is 0 Å². The van der Waals surface area contributed by atoms with E-state index in [0.717, 1.165) is 24.7 Å². The molecule has 0 spiro atoms. The Labute approximate surface area is 90.5 Å². The highest BCUT2D eigenvalue weighted by atomic mass is 15.2. The monoisotopic (exact) mass is 206 g/mol. The molecule has 0 atom stereocenters. The van der Waals surface area contributed by atoms with Gasteiger partial charge < -0.3 is 10.6 Å². The van der Waals surface area contributed by atoms with Crippen molar-refractivity contribution in [1.82, 2.24) is 9.97 Å². The lowest BCUT2D eigenvalue weighted by Crippen LogP contribution is -2.25. The molecule has 1 aromatic heterocycles. The first-order chi connectivity index (χ1) is 7.40. The lowest BCUT2D eigenvalue weighted by Gasteiger charge is -2.21. The van der Waals surface area contributed by atoms with E-state index in [1.165, 1.54) is 25.7 Å². The number of nitrogens with zero attached hydrogens (tertiary/aromatic N) is 3. The summed E-state index contributed by atoms with van der Waals surface area (Å²) in [6, 6.07) is 1.98. The van der Waals surface area contributed by atoms with Crippen LogP contribution in [0.5, 0.6) is 0 Å². The molecule has 2 rings (SSSR count). The van der Waals surface area contributed by atoms with Crippen LogP contribution in [0.25, 0.3) is 0 Å². The third-order valence-electron chi connectivity index (χ3n) is 2.80. The van der Waals surface area contributed by atoms with Crippen LogP contribution < -0.4 is 10.6 Å². The average Bonchev–Trinajstić information content (AvgIpc) is 2.58. The summed E-state index contributed by atoms with van der Waals surface area (Å²) in [5.74, 6) is 1.77. The summed E-state index contributed by atoms with van der Waals surface area (Å²) in [6.45, 7) is 2.64. The quantitative estimate of drug-likeness (QED) is 0.792. The summed E-state index contributed by atoms with van der Waals surface area (Å²) in [5.41, 5.74) is 5.54. The van der Waals surface area contributed by atoms with Gasteiger partial charge in [-0.25, -0.2) is 9.97 Å². The Morgan fingerprint density at radius 3 is 2.60 bits per heavy atom. The first kappa shape index (κ1) is 10.4. The smallest absolute Gasteiger partial charge is 0.144 e. The van der Waals surface area contributed by atoms with Crippen LogP contribution in [0.15, 0.2) is 12.3 Å². The van der Waals surface area contributed by atoms with Gasteiger partial charge in [0.1, 0.15) is 11.6 Å². The van der Waals surface area contributed by atoms with E-state index in [0.29, 0.717) is 6.54 Å². The Morgan fingerprint density at radius 2 is 1.93 bits per heavy atom. The van der Waals surface area contributed by atoms with Crippen molar-refractivity contribution in [3.8, 4) is 0 Å². The highest BCUT2D eigenvalue weighted by molar-refractivity contribution is 5.37. The Bertz CT molecular complexity index is 305. The molecule has 82 valence electrons. The molecule has 1 saturated heterocycles. The van der Waals surface area contributed by atoms with E-state index in [9.17, 15) is 0 Å². The van der Waals surface area contributed by atoms with E-state index in [1.54, 1.807) is 6.20 Å². The average molecular weight is 206 g/mol. The van der Waals surface area contributed by atoms with Crippen LogP contribution in [-0.2, 0) is 6.54 Å². The van der Waals surface area contributed by atoms with Crippen LogP contribution in [0, 0.1) is 0 Å². The van der Waals surface area contributed by atoms with E-state index < -0.39 is 0 Å². The zero-order valence-electron chi connectivity index (χ0n) is 9.02. The summed E-state index contributed by atoms with van der Waals surface area (Å²) in [5, 5.41) is 0. The van der Waals surface area contributed by atoms with E-state index in [4.69, 9.17) is 5.73 Å². The van der Waals surface area contributed by atoms with Gasteiger partial charge in [-0.1, -0.05) is 12.8 Å². The normalized spacial score (nSPS) is 17.5. The Balaban J connectivity index is 2.12. The molecule has 15 heavy (non-hydrogen) atoms. The molecule has 1 aliphatic heterocycles. The SMILES string of the molecule is NCc1nccc(N2CCCCCC2)n1. The van der Waals surface area contributed by atoms with Gasteiger partial charge in [0, 0.05) is 19.3 Å². The van der Waals surface area contributed by atoms with Crippen molar-refractivity contribution in [2.45, 2.75) is 32.2 Å². The second-order valence-corrected chi connectivity index (χ2v) is 3.94. The molecular weight excluding hydrogens is 188 g/mol. The molecule has 4 heteroatoms. The van der Waals surface area contributed by atoms with Crippen LogP contribution in [0.3, 0.4) is 0 Å². The third-order valence-corrected chi connectivity index (χ3v) is 2.80. The van der Waals surface area contributed by atoms with Crippen LogP contribution in [0.1, 0.15) is 31.5 Å². The first-order valence-corrected chi connectivity index (χ1v) is 5.67. The van der Waals surface area contributed by atoms with Gasteiger partial charge in [-0.15, -0.1) is 0 Å². The maximum Gasteiger partial charge on any atom is 0.144 e. The molecule has 1 aliphatic rings. The predicted octanol–water partition coefficient (Wildman–Crippen LogP) is 1.32. The number of rotatable bonds is 2. The lowest BCUT2D eigenvalue weighted by atomic mass is 10.2. The van der Waals surface area contributed by atoms with Crippen molar-refractivity contribution in [2.24, 2.45) is 5.73 Å². The molecule has 2 N–H and O–H groups in total. The van der Waals surface area contributed by atoms with E-state index in [1.807, 2.05) is 6.07 Å². The summed E-state index contributed by atoms with van der Waals surface area (Å²) in [7, 11) is 0. The molecule has 4 nitrogen and oxygen atoms in total. The van der Waals surface area contributed by atoms with Gasteiger partial charge in [0.25, 0.3) is 0 Å². The maximum absolute atomic E-state index is 5.54. The van der Waals surface area contributed by atoms with Gasteiger partial charge in [-0.05, 0) is 18.9 Å². The summed E-state index contributed by atoms with van der Waals surface area (Å²) < 4.78 is 0. The number of nitrogens with two attached hydrogens (primary N) is 1. The van der Waals surface area contributed by atoms with Crippen LogP contribution >= 0.6 is 0 Å². The zero-order valence-corrected chi connectivity index (χ0v) is 9.02. The fraction of sp³-hybridized carbons (Fsp3) is 0.636. The Morgan fingerprint density at radius 1 is 1.20 bits per heavy atom. The minimum absolute atomic E-state index is 0.418. The second-order valence-electron chi connectivity index (χ2n) is 3.94. The fourth-order valence-electron chi connectivity index (χ4n) is 1.96. The molecule has 0 saturated carbocycles. The maximum atomic E-state index is 5.54. The molecule has 2 heterocycles. The highest BCUT2D eigenvalue weighted by Gasteiger charge is 2.11. The standard InChI is InChI=1S/C11H18N4/c12-9-10-13-6-5-11(14-10)15-7-3-1-2-4-8-15/h5-6H,1-4,7-9,12H2. The molecular formula is C11H18N4. The Hall–Kier alpha value is -1.16. The first-order valence-electron chi connectivity index (χ1n) is 5.67. The van der Waals surface area contributed by atoms with Crippen LogP contribution in [-0.4, -0.2) is 23.1 Å². The van der Waals surface area contributed by atoms with Crippen molar-refractivity contribution >= 4 is 5.82 Å². The molecule has 0 amide bonds. The predicted molar refractivity (Wildman–Crippen MR) is 60.6 cm³/mol. The Kier molecular flexibility index (Phi) is 3.50. The molecule has 0 unspecified atom stereocenters. The fourth-order valence-corrected chi connectivity index (χ4v) is 1.96. The number of anilines is 1. The third kappa shape index (κ3) is 2.65. The van der Waals surface area contributed by atoms with Gasteiger partial charge >= 0.3 is 0 Å². The summed E-state index contributed by atoms with van der Waals surface area (Å²) in [4.78, 5) is 10.9.